The summed E-state index contributed by atoms with van der Waals surface area (Å²) < 4.78 is 9.15. The predicted octanol–water partition coefficient (Wildman–Crippen LogP) is 2.78. The van der Waals surface area contributed by atoms with Crippen LogP contribution in [0.4, 0.5) is 0 Å². The molecule has 4 rings (SSSR count). The molecule has 0 radical (unpaired) electrons. The minimum Gasteiger partial charge on any atom is -0.496 e. The zero-order valence-electron chi connectivity index (χ0n) is 19.1. The maximum absolute atomic E-state index is 12.7. The number of benzene rings is 1. The second kappa shape index (κ2) is 9.62. The van der Waals surface area contributed by atoms with Crippen molar-refractivity contribution in [2.75, 3.05) is 20.7 Å². The van der Waals surface area contributed by atoms with Crippen LogP contribution in [0.25, 0.3) is 16.9 Å². The molecule has 0 unspecified atom stereocenters. The van der Waals surface area contributed by atoms with E-state index in [1.807, 2.05) is 34.9 Å². The van der Waals surface area contributed by atoms with Crippen molar-refractivity contribution in [3.05, 3.63) is 83.2 Å². The maximum atomic E-state index is 12.7. The van der Waals surface area contributed by atoms with E-state index in [4.69, 9.17) is 4.74 Å². The number of carbonyl (C=O) groups excluding carboxylic acids is 1. The van der Waals surface area contributed by atoms with E-state index in [0.29, 0.717) is 35.4 Å². The van der Waals surface area contributed by atoms with Gasteiger partial charge in [-0.25, -0.2) is 9.78 Å². The van der Waals surface area contributed by atoms with Crippen LogP contribution in [-0.4, -0.2) is 51.6 Å². The molecular weight excluding hydrogens is 434 g/mol. The second-order valence-corrected chi connectivity index (χ2v) is 7.63. The van der Waals surface area contributed by atoms with Gasteiger partial charge in [-0.15, -0.1) is 0 Å². The molecule has 0 saturated heterocycles. The predicted molar refractivity (Wildman–Crippen MR) is 127 cm³/mol. The average molecular weight is 460 g/mol. The molecule has 9 nitrogen and oxygen atoms in total. The van der Waals surface area contributed by atoms with Gasteiger partial charge in [0.2, 0.25) is 0 Å². The van der Waals surface area contributed by atoms with Gasteiger partial charge in [-0.05, 0) is 37.3 Å². The summed E-state index contributed by atoms with van der Waals surface area (Å²) in [4.78, 5) is 32.8. The summed E-state index contributed by atoms with van der Waals surface area (Å²) in [5, 5.41) is 12.8. The van der Waals surface area contributed by atoms with Crippen molar-refractivity contribution in [3.63, 3.8) is 0 Å². The van der Waals surface area contributed by atoms with Gasteiger partial charge in [-0.2, -0.15) is 0 Å². The molecule has 0 aliphatic carbocycles. The fraction of sp³-hybridized carbons (Fsp3) is 0.200. The fourth-order valence-corrected chi connectivity index (χ4v) is 3.95. The van der Waals surface area contributed by atoms with Gasteiger partial charge >= 0.3 is 5.97 Å². The molecule has 1 amide bonds. The lowest BCUT2D eigenvalue weighted by Gasteiger charge is -2.14. The highest BCUT2D eigenvalue weighted by molar-refractivity contribution is 5.95. The van der Waals surface area contributed by atoms with Crippen LogP contribution in [0.2, 0.25) is 0 Å². The highest BCUT2D eigenvalue weighted by Gasteiger charge is 2.14. The van der Waals surface area contributed by atoms with Crippen molar-refractivity contribution in [2.24, 2.45) is 4.99 Å². The third kappa shape index (κ3) is 4.27. The monoisotopic (exact) mass is 459 g/mol. The van der Waals surface area contributed by atoms with Gasteiger partial charge in [0.05, 0.1) is 24.4 Å². The van der Waals surface area contributed by atoms with Gasteiger partial charge in [-0.3, -0.25) is 14.2 Å². The first-order chi connectivity index (χ1) is 16.4. The Morgan fingerprint density at radius 3 is 2.71 bits per heavy atom. The first-order valence-electron chi connectivity index (χ1n) is 10.7. The molecule has 2 N–H and O–H groups in total. The van der Waals surface area contributed by atoms with E-state index < -0.39 is 5.97 Å². The number of para-hydroxylation sites is 1. The summed E-state index contributed by atoms with van der Waals surface area (Å²) in [6.45, 7) is 2.48. The van der Waals surface area contributed by atoms with Crippen LogP contribution in [0.5, 0.6) is 5.75 Å². The van der Waals surface area contributed by atoms with Crippen molar-refractivity contribution in [1.29, 1.82) is 0 Å². The van der Waals surface area contributed by atoms with E-state index in [1.54, 1.807) is 56.2 Å². The number of nitrogens with one attached hydrogen (secondary N) is 1. The second-order valence-electron chi connectivity index (χ2n) is 7.63. The molecule has 0 spiro atoms. The summed E-state index contributed by atoms with van der Waals surface area (Å²) >= 11 is 0. The number of methoxy groups -OCH3 is 1. The molecule has 9 heteroatoms. The van der Waals surface area contributed by atoms with Crippen LogP contribution in [-0.2, 0) is 6.54 Å². The molecule has 0 saturated carbocycles. The lowest BCUT2D eigenvalue weighted by Crippen LogP contribution is -2.29. The summed E-state index contributed by atoms with van der Waals surface area (Å²) in [5.74, 6) is -0.524. The Morgan fingerprint density at radius 1 is 1.18 bits per heavy atom. The van der Waals surface area contributed by atoms with Gasteiger partial charge < -0.3 is 19.7 Å². The van der Waals surface area contributed by atoms with E-state index in [2.05, 4.69) is 15.3 Å². The SMILES string of the molecule is CN=c1ccn(CCNC(=O)c2ccn3c(-c4ccccc4OC)cnc3c2)c(C)c1C(=O)O. The Kier molecular flexibility index (Phi) is 6.44. The number of pyridine rings is 2. The first kappa shape index (κ1) is 22.8. The van der Waals surface area contributed by atoms with Crippen molar-refractivity contribution >= 4 is 17.5 Å². The van der Waals surface area contributed by atoms with Gasteiger partial charge in [0.1, 0.15) is 17.0 Å². The van der Waals surface area contributed by atoms with Crippen molar-refractivity contribution in [3.8, 4) is 17.0 Å². The topological polar surface area (TPSA) is 110 Å². The van der Waals surface area contributed by atoms with Crippen LogP contribution >= 0.6 is 0 Å². The number of carboxylic acid groups (broad SMARTS) is 1. The molecule has 34 heavy (non-hydrogen) atoms. The highest BCUT2D eigenvalue weighted by atomic mass is 16.5. The number of aromatic nitrogens is 3. The Hall–Kier alpha value is -4.40. The first-order valence-corrected chi connectivity index (χ1v) is 10.7. The summed E-state index contributed by atoms with van der Waals surface area (Å²) in [6.07, 6.45) is 5.33. The molecule has 174 valence electrons. The summed E-state index contributed by atoms with van der Waals surface area (Å²) in [7, 11) is 3.18. The largest absolute Gasteiger partial charge is 0.496 e. The number of fused-ring (bicyclic) bond motifs is 1. The van der Waals surface area contributed by atoms with E-state index in [1.165, 1.54) is 0 Å². The molecule has 0 bridgehead atoms. The Morgan fingerprint density at radius 2 is 1.97 bits per heavy atom. The highest BCUT2D eigenvalue weighted by Crippen LogP contribution is 2.30. The number of hydrogen-bond donors (Lipinski definition) is 2. The third-order valence-electron chi connectivity index (χ3n) is 5.71. The van der Waals surface area contributed by atoms with Crippen LogP contribution in [0, 0.1) is 6.92 Å². The number of nitrogens with zero attached hydrogens (tertiary/aromatic N) is 4. The summed E-state index contributed by atoms with van der Waals surface area (Å²) in [5.41, 5.74) is 3.63. The Labute approximate surface area is 196 Å². The van der Waals surface area contributed by atoms with E-state index in [9.17, 15) is 14.7 Å². The van der Waals surface area contributed by atoms with Crippen molar-refractivity contribution < 1.29 is 19.4 Å². The van der Waals surface area contributed by atoms with E-state index in [-0.39, 0.29) is 11.5 Å². The molecular formula is C25H25N5O4. The standard InChI is InChI=1S/C25H25N5O4/c1-16-23(25(32)33)19(26-2)9-11-29(16)13-10-27-24(31)17-8-12-30-20(15-28-22(30)14-17)18-6-4-5-7-21(18)34-3/h4-9,11-12,14-15H,10,13H2,1-3H3,(H,27,31)(H,32,33). The Balaban J connectivity index is 1.49. The van der Waals surface area contributed by atoms with Gasteiger partial charge in [0.25, 0.3) is 5.91 Å². The number of aromatic carboxylic acids is 1. The van der Waals surface area contributed by atoms with Crippen molar-refractivity contribution in [2.45, 2.75) is 13.5 Å². The summed E-state index contributed by atoms with van der Waals surface area (Å²) in [6, 6.07) is 12.8. The van der Waals surface area contributed by atoms with Gasteiger partial charge in [0.15, 0.2) is 0 Å². The van der Waals surface area contributed by atoms with Crippen LogP contribution in [0.15, 0.2) is 66.0 Å². The van der Waals surface area contributed by atoms with Gasteiger partial charge in [-0.1, -0.05) is 12.1 Å². The number of amides is 1. The van der Waals surface area contributed by atoms with Gasteiger partial charge in [0, 0.05) is 49.4 Å². The lowest BCUT2D eigenvalue weighted by molar-refractivity contribution is 0.0692. The molecule has 4 aromatic rings. The lowest BCUT2D eigenvalue weighted by atomic mass is 10.1. The van der Waals surface area contributed by atoms with Crippen LogP contribution < -0.4 is 15.4 Å². The molecule has 0 aliphatic rings. The van der Waals surface area contributed by atoms with Crippen LogP contribution in [0.1, 0.15) is 26.4 Å². The van der Waals surface area contributed by atoms with E-state index in [0.717, 1.165) is 17.0 Å². The molecule has 0 atom stereocenters. The van der Waals surface area contributed by atoms with Crippen LogP contribution in [0.3, 0.4) is 0 Å². The molecule has 3 aromatic heterocycles. The average Bonchev–Trinajstić information content (AvgIpc) is 3.27. The smallest absolute Gasteiger partial charge is 0.339 e. The quantitative estimate of drug-likeness (QED) is 0.442. The molecule has 0 fully saturated rings. The number of imidazole rings is 1. The third-order valence-corrected chi connectivity index (χ3v) is 5.71. The normalized spacial score (nSPS) is 11.6. The number of hydrogen-bond acceptors (Lipinski definition) is 5. The zero-order valence-corrected chi connectivity index (χ0v) is 19.1. The molecule has 0 aliphatic heterocycles. The minimum absolute atomic E-state index is 0.159. The number of ether oxygens (including phenoxy) is 1. The number of rotatable bonds is 7. The number of carboxylic acids is 1. The van der Waals surface area contributed by atoms with E-state index >= 15 is 0 Å². The molecule has 1 aromatic carbocycles. The maximum Gasteiger partial charge on any atom is 0.339 e. The zero-order chi connectivity index (χ0) is 24.2. The number of carbonyl (C=O) groups is 2. The minimum atomic E-state index is -1.03. The Bertz CT molecular complexity index is 1450. The molecule has 3 heterocycles. The van der Waals surface area contributed by atoms with Crippen molar-refractivity contribution in [1.82, 2.24) is 19.3 Å². The fourth-order valence-electron chi connectivity index (χ4n) is 3.95.